The minimum absolute atomic E-state index is 0.00214. The first-order chi connectivity index (χ1) is 8.87. The Kier molecular flexibility index (Phi) is 3.92. The molecular formula is C14H17F3O2. The van der Waals surface area contributed by atoms with Crippen LogP contribution in [0.25, 0.3) is 0 Å². The van der Waals surface area contributed by atoms with Crippen molar-refractivity contribution < 1.29 is 22.6 Å². The Labute approximate surface area is 110 Å². The zero-order chi connectivity index (χ0) is 14.0. The smallest absolute Gasteiger partial charge is 0.487 e. The molecule has 19 heavy (non-hydrogen) atoms. The Morgan fingerprint density at radius 2 is 1.74 bits per heavy atom. The highest BCUT2D eigenvalue weighted by atomic mass is 19.4. The third-order valence-corrected chi connectivity index (χ3v) is 3.45. The molecule has 2 rings (SSSR count). The Bertz CT molecular complexity index is 449. The first-order valence-electron chi connectivity index (χ1n) is 6.39. The largest absolute Gasteiger partial charge is 0.573 e. The van der Waals surface area contributed by atoms with E-state index in [1.807, 2.05) is 0 Å². The van der Waals surface area contributed by atoms with E-state index in [4.69, 9.17) is 4.74 Å². The SMILES string of the molecule is Cc1ccc(OC2CCCC2)c(OC(F)(F)F)c1C. The molecule has 0 saturated heterocycles. The van der Waals surface area contributed by atoms with E-state index in [0.717, 1.165) is 31.2 Å². The summed E-state index contributed by atoms with van der Waals surface area (Å²) < 4.78 is 47.2. The molecular weight excluding hydrogens is 257 g/mol. The summed E-state index contributed by atoms with van der Waals surface area (Å²) in [5.41, 5.74) is 1.21. The molecule has 0 bridgehead atoms. The van der Waals surface area contributed by atoms with Gasteiger partial charge in [-0.25, -0.2) is 0 Å². The van der Waals surface area contributed by atoms with E-state index in [1.54, 1.807) is 26.0 Å². The van der Waals surface area contributed by atoms with Crippen LogP contribution in [0.15, 0.2) is 12.1 Å². The number of benzene rings is 1. The number of alkyl halides is 3. The summed E-state index contributed by atoms with van der Waals surface area (Å²) in [4.78, 5) is 0. The summed E-state index contributed by atoms with van der Waals surface area (Å²) in [6.45, 7) is 3.36. The van der Waals surface area contributed by atoms with E-state index in [0.29, 0.717) is 5.56 Å². The molecule has 0 spiro atoms. The van der Waals surface area contributed by atoms with E-state index in [9.17, 15) is 13.2 Å². The molecule has 1 aromatic carbocycles. The van der Waals surface area contributed by atoms with Crippen molar-refractivity contribution in [3.05, 3.63) is 23.3 Å². The maximum absolute atomic E-state index is 12.5. The maximum atomic E-state index is 12.5. The Morgan fingerprint density at radius 3 is 2.32 bits per heavy atom. The van der Waals surface area contributed by atoms with Crippen LogP contribution in [0.2, 0.25) is 0 Å². The summed E-state index contributed by atoms with van der Waals surface area (Å²) in [5.74, 6) is -0.0216. The van der Waals surface area contributed by atoms with Crippen molar-refractivity contribution in [3.63, 3.8) is 0 Å². The van der Waals surface area contributed by atoms with Gasteiger partial charge < -0.3 is 9.47 Å². The second-order valence-electron chi connectivity index (χ2n) is 4.91. The Balaban J connectivity index is 2.27. The van der Waals surface area contributed by atoms with Crippen LogP contribution < -0.4 is 9.47 Å². The van der Waals surface area contributed by atoms with Crippen molar-refractivity contribution in [2.45, 2.75) is 52.0 Å². The van der Waals surface area contributed by atoms with Gasteiger partial charge in [0.15, 0.2) is 11.5 Å². The number of aryl methyl sites for hydroxylation is 1. The lowest BCUT2D eigenvalue weighted by atomic mass is 10.1. The quantitative estimate of drug-likeness (QED) is 0.806. The predicted molar refractivity (Wildman–Crippen MR) is 65.5 cm³/mol. The normalized spacial score (nSPS) is 16.7. The number of hydrogen-bond donors (Lipinski definition) is 0. The average molecular weight is 274 g/mol. The van der Waals surface area contributed by atoms with Crippen LogP contribution in [0.5, 0.6) is 11.5 Å². The van der Waals surface area contributed by atoms with Crippen LogP contribution >= 0.6 is 0 Å². The van der Waals surface area contributed by atoms with Crippen LogP contribution in [0.4, 0.5) is 13.2 Å². The molecule has 106 valence electrons. The van der Waals surface area contributed by atoms with Crippen molar-refractivity contribution in [2.75, 3.05) is 0 Å². The van der Waals surface area contributed by atoms with Crippen molar-refractivity contribution in [1.29, 1.82) is 0 Å². The van der Waals surface area contributed by atoms with Gasteiger partial charge in [-0.05, 0) is 56.7 Å². The van der Waals surface area contributed by atoms with Crippen molar-refractivity contribution in [1.82, 2.24) is 0 Å². The fourth-order valence-corrected chi connectivity index (χ4v) is 2.29. The minimum atomic E-state index is -4.70. The van der Waals surface area contributed by atoms with E-state index < -0.39 is 6.36 Å². The monoisotopic (exact) mass is 274 g/mol. The lowest BCUT2D eigenvalue weighted by Crippen LogP contribution is -2.20. The summed E-state index contributed by atoms with van der Waals surface area (Å²) in [6.07, 6.45) is -0.809. The predicted octanol–water partition coefficient (Wildman–Crippen LogP) is 4.52. The van der Waals surface area contributed by atoms with E-state index in [-0.39, 0.29) is 17.6 Å². The highest BCUT2D eigenvalue weighted by Crippen LogP contribution is 2.38. The molecule has 1 aromatic rings. The summed E-state index contributed by atoms with van der Waals surface area (Å²) >= 11 is 0. The van der Waals surface area contributed by atoms with Gasteiger partial charge in [0.1, 0.15) is 0 Å². The molecule has 1 fully saturated rings. The minimum Gasteiger partial charge on any atom is -0.487 e. The van der Waals surface area contributed by atoms with Crippen LogP contribution in [0.3, 0.4) is 0 Å². The molecule has 1 saturated carbocycles. The lowest BCUT2D eigenvalue weighted by Gasteiger charge is -2.20. The zero-order valence-corrected chi connectivity index (χ0v) is 11.0. The van der Waals surface area contributed by atoms with Gasteiger partial charge in [0.05, 0.1) is 6.10 Å². The van der Waals surface area contributed by atoms with E-state index in [1.165, 1.54) is 0 Å². The fourth-order valence-electron chi connectivity index (χ4n) is 2.29. The van der Waals surface area contributed by atoms with Gasteiger partial charge in [0.25, 0.3) is 0 Å². The topological polar surface area (TPSA) is 18.5 Å². The third kappa shape index (κ3) is 3.55. The highest BCUT2D eigenvalue weighted by molar-refractivity contribution is 5.50. The molecule has 0 N–H and O–H groups in total. The van der Waals surface area contributed by atoms with Crippen molar-refractivity contribution in [2.24, 2.45) is 0 Å². The van der Waals surface area contributed by atoms with Crippen LogP contribution in [-0.4, -0.2) is 12.5 Å². The third-order valence-electron chi connectivity index (χ3n) is 3.45. The molecule has 0 aromatic heterocycles. The molecule has 0 aliphatic heterocycles. The summed E-state index contributed by atoms with van der Waals surface area (Å²) in [7, 11) is 0. The van der Waals surface area contributed by atoms with Gasteiger partial charge in [-0.15, -0.1) is 13.2 Å². The van der Waals surface area contributed by atoms with Crippen molar-refractivity contribution >= 4 is 0 Å². The van der Waals surface area contributed by atoms with Gasteiger partial charge in [-0.2, -0.15) is 0 Å². The number of hydrogen-bond acceptors (Lipinski definition) is 2. The van der Waals surface area contributed by atoms with Gasteiger partial charge in [0.2, 0.25) is 0 Å². The zero-order valence-electron chi connectivity index (χ0n) is 11.0. The molecule has 0 heterocycles. The number of rotatable bonds is 3. The maximum Gasteiger partial charge on any atom is 0.573 e. The first kappa shape index (κ1) is 14.0. The van der Waals surface area contributed by atoms with Gasteiger partial charge in [-0.3, -0.25) is 0 Å². The van der Waals surface area contributed by atoms with E-state index in [2.05, 4.69) is 4.74 Å². The molecule has 2 nitrogen and oxygen atoms in total. The van der Waals surface area contributed by atoms with Crippen LogP contribution in [0.1, 0.15) is 36.8 Å². The van der Waals surface area contributed by atoms with Crippen molar-refractivity contribution in [3.8, 4) is 11.5 Å². The first-order valence-corrected chi connectivity index (χ1v) is 6.39. The second kappa shape index (κ2) is 5.31. The Hall–Kier alpha value is -1.39. The molecule has 0 atom stereocenters. The highest BCUT2D eigenvalue weighted by Gasteiger charge is 2.34. The molecule has 0 unspecified atom stereocenters. The fraction of sp³-hybridized carbons (Fsp3) is 0.571. The molecule has 1 aliphatic carbocycles. The standard InChI is InChI=1S/C14H17F3O2/c1-9-7-8-12(18-11-5-3-4-6-11)13(10(9)2)19-14(15,16)17/h7-8,11H,3-6H2,1-2H3. The summed E-state index contributed by atoms with van der Waals surface area (Å²) in [6, 6.07) is 3.31. The molecule has 0 radical (unpaired) electrons. The van der Waals surface area contributed by atoms with Gasteiger partial charge in [-0.1, -0.05) is 6.07 Å². The Morgan fingerprint density at radius 1 is 1.11 bits per heavy atom. The number of halogens is 3. The lowest BCUT2D eigenvalue weighted by molar-refractivity contribution is -0.275. The second-order valence-corrected chi connectivity index (χ2v) is 4.91. The molecule has 5 heteroatoms. The van der Waals surface area contributed by atoms with E-state index >= 15 is 0 Å². The van der Waals surface area contributed by atoms with Gasteiger partial charge in [0, 0.05) is 0 Å². The van der Waals surface area contributed by atoms with Crippen LogP contribution in [0, 0.1) is 13.8 Å². The van der Waals surface area contributed by atoms with Crippen LogP contribution in [-0.2, 0) is 0 Å². The number of ether oxygens (including phenoxy) is 2. The molecule has 0 amide bonds. The molecule has 1 aliphatic rings. The van der Waals surface area contributed by atoms with Gasteiger partial charge >= 0.3 is 6.36 Å². The average Bonchev–Trinajstić information content (AvgIpc) is 2.80. The summed E-state index contributed by atoms with van der Waals surface area (Å²) in [5, 5.41) is 0.